The van der Waals surface area contributed by atoms with Crippen LogP contribution in [0.25, 0.3) is 22.6 Å². The first kappa shape index (κ1) is 20.2. The lowest BCUT2D eigenvalue weighted by Crippen LogP contribution is -2.21. The average molecular weight is 445 g/mol. The lowest BCUT2D eigenvalue weighted by atomic mass is 10.1. The largest absolute Gasteiger partial charge is 0.435 e. The number of anilines is 1. The first-order chi connectivity index (χ1) is 13.4. The molecule has 7 nitrogen and oxygen atoms in total. The van der Waals surface area contributed by atoms with Gasteiger partial charge < -0.3 is 20.4 Å². The van der Waals surface area contributed by atoms with Crippen molar-refractivity contribution in [1.82, 2.24) is 9.88 Å². The summed E-state index contributed by atoms with van der Waals surface area (Å²) in [5, 5.41) is 3.19. The Kier molecular flexibility index (Phi) is 6.23. The SMILES string of the molecule is CN(C)CCNc1ccc2nc(-c3ccc(Br)c(CN)c3)oc2c1C(=O)C=O. The zero-order valence-corrected chi connectivity index (χ0v) is 17.2. The standard InChI is InChI=1S/C20H21BrN4O3/c1-25(2)8-7-23-15-5-6-16-19(18(15)17(27)11-26)28-20(24-16)12-3-4-14(21)13(9-12)10-22/h3-6,9,11,23H,7-8,10,22H2,1-2H3. The number of halogens is 1. The van der Waals surface area contributed by atoms with E-state index >= 15 is 0 Å². The normalized spacial score (nSPS) is 11.2. The highest BCUT2D eigenvalue weighted by atomic mass is 79.9. The lowest BCUT2D eigenvalue weighted by Gasteiger charge is -2.13. The van der Waals surface area contributed by atoms with Crippen LogP contribution in [0.2, 0.25) is 0 Å². The molecule has 0 aliphatic heterocycles. The van der Waals surface area contributed by atoms with Crippen LogP contribution in [-0.4, -0.2) is 49.1 Å². The monoisotopic (exact) mass is 444 g/mol. The summed E-state index contributed by atoms with van der Waals surface area (Å²) in [6.07, 6.45) is 0.292. The van der Waals surface area contributed by atoms with Crippen LogP contribution in [0.4, 0.5) is 5.69 Å². The van der Waals surface area contributed by atoms with Gasteiger partial charge in [-0.2, -0.15) is 0 Å². The van der Waals surface area contributed by atoms with E-state index < -0.39 is 5.78 Å². The number of carbonyl (C=O) groups is 2. The number of nitrogens with one attached hydrogen (secondary N) is 1. The van der Waals surface area contributed by atoms with Gasteiger partial charge in [-0.3, -0.25) is 9.59 Å². The molecule has 8 heteroatoms. The van der Waals surface area contributed by atoms with Crippen LogP contribution >= 0.6 is 15.9 Å². The molecule has 0 amide bonds. The number of nitrogens with zero attached hydrogens (tertiary/aromatic N) is 2. The van der Waals surface area contributed by atoms with Crippen LogP contribution in [0, 0.1) is 0 Å². The summed E-state index contributed by atoms with van der Waals surface area (Å²) < 4.78 is 6.82. The van der Waals surface area contributed by atoms with Crippen molar-refractivity contribution in [2.75, 3.05) is 32.5 Å². The average Bonchev–Trinajstić information content (AvgIpc) is 3.11. The Bertz CT molecular complexity index is 1030. The fourth-order valence-corrected chi connectivity index (χ4v) is 3.25. The highest BCUT2D eigenvalue weighted by Crippen LogP contribution is 2.32. The Balaban J connectivity index is 2.07. The van der Waals surface area contributed by atoms with Gasteiger partial charge in [0.1, 0.15) is 5.52 Å². The predicted molar refractivity (Wildman–Crippen MR) is 112 cm³/mol. The number of hydrogen-bond donors (Lipinski definition) is 2. The number of hydrogen-bond acceptors (Lipinski definition) is 7. The molecular weight excluding hydrogens is 424 g/mol. The van der Waals surface area contributed by atoms with Gasteiger partial charge in [0.05, 0.1) is 5.56 Å². The van der Waals surface area contributed by atoms with Gasteiger partial charge in [-0.1, -0.05) is 15.9 Å². The maximum Gasteiger partial charge on any atom is 0.231 e. The topological polar surface area (TPSA) is 101 Å². The maximum absolute atomic E-state index is 12.3. The second kappa shape index (κ2) is 8.64. The van der Waals surface area contributed by atoms with Crippen LogP contribution in [0.1, 0.15) is 15.9 Å². The van der Waals surface area contributed by atoms with E-state index in [9.17, 15) is 9.59 Å². The quantitative estimate of drug-likeness (QED) is 0.312. The lowest BCUT2D eigenvalue weighted by molar-refractivity contribution is -0.104. The fraction of sp³-hybridized carbons (Fsp3) is 0.250. The van der Waals surface area contributed by atoms with E-state index in [-0.39, 0.29) is 5.56 Å². The van der Waals surface area contributed by atoms with Crippen LogP contribution in [-0.2, 0) is 11.3 Å². The van der Waals surface area contributed by atoms with E-state index in [1.165, 1.54) is 0 Å². The summed E-state index contributed by atoms with van der Waals surface area (Å²) >= 11 is 3.46. The Hall–Kier alpha value is -2.55. The third-order valence-corrected chi connectivity index (χ3v) is 5.07. The number of aromatic nitrogens is 1. The Morgan fingerprint density at radius 3 is 2.79 bits per heavy atom. The van der Waals surface area contributed by atoms with Crippen LogP contribution < -0.4 is 11.1 Å². The number of carbonyl (C=O) groups excluding carboxylic acids is 2. The van der Waals surface area contributed by atoms with E-state index in [4.69, 9.17) is 10.2 Å². The number of Topliss-reactive ketones (excluding diaryl/α,β-unsaturated/α-hetero) is 1. The minimum Gasteiger partial charge on any atom is -0.435 e. The molecule has 0 aliphatic rings. The molecule has 0 fully saturated rings. The van der Waals surface area contributed by atoms with Gasteiger partial charge in [-0.05, 0) is 50.0 Å². The van der Waals surface area contributed by atoms with Gasteiger partial charge in [0.25, 0.3) is 0 Å². The molecule has 3 aromatic rings. The molecule has 0 radical (unpaired) electrons. The molecule has 1 heterocycles. The Morgan fingerprint density at radius 2 is 2.11 bits per heavy atom. The number of rotatable bonds is 8. The van der Waals surface area contributed by atoms with E-state index in [1.54, 1.807) is 12.1 Å². The minimum atomic E-state index is -0.654. The molecule has 0 unspecified atom stereocenters. The second-order valence-corrected chi connectivity index (χ2v) is 7.43. The molecule has 0 saturated heterocycles. The Labute approximate surface area is 171 Å². The zero-order chi connectivity index (χ0) is 20.3. The predicted octanol–water partition coefficient (Wildman–Crippen LogP) is 3.07. The van der Waals surface area contributed by atoms with Crippen LogP contribution in [0.5, 0.6) is 0 Å². The van der Waals surface area contributed by atoms with Crippen molar-refractivity contribution in [3.8, 4) is 11.5 Å². The van der Waals surface area contributed by atoms with Crippen molar-refractivity contribution in [3.05, 3.63) is 45.9 Å². The molecule has 1 aromatic heterocycles. The van der Waals surface area contributed by atoms with E-state index in [0.29, 0.717) is 42.1 Å². The molecule has 146 valence electrons. The van der Waals surface area contributed by atoms with Gasteiger partial charge in [-0.25, -0.2) is 4.98 Å². The van der Waals surface area contributed by atoms with E-state index in [0.717, 1.165) is 22.1 Å². The summed E-state index contributed by atoms with van der Waals surface area (Å²) in [6, 6.07) is 9.12. The van der Waals surface area contributed by atoms with Gasteiger partial charge >= 0.3 is 0 Å². The molecule has 0 saturated carbocycles. The van der Waals surface area contributed by atoms with Crippen LogP contribution in [0.15, 0.2) is 39.2 Å². The van der Waals surface area contributed by atoms with Crippen LogP contribution in [0.3, 0.4) is 0 Å². The highest BCUT2D eigenvalue weighted by Gasteiger charge is 2.20. The minimum absolute atomic E-state index is 0.196. The van der Waals surface area contributed by atoms with E-state index in [1.807, 2.05) is 37.2 Å². The maximum atomic E-state index is 12.3. The van der Waals surface area contributed by atoms with Gasteiger partial charge in [0.15, 0.2) is 11.9 Å². The molecule has 0 spiro atoms. The number of nitrogens with two attached hydrogens (primary N) is 1. The zero-order valence-electron chi connectivity index (χ0n) is 15.7. The fourth-order valence-electron chi connectivity index (χ4n) is 2.84. The molecule has 28 heavy (non-hydrogen) atoms. The molecule has 0 bridgehead atoms. The Morgan fingerprint density at radius 1 is 1.32 bits per heavy atom. The van der Waals surface area contributed by atoms with Crippen molar-refractivity contribution in [2.45, 2.75) is 6.54 Å². The van der Waals surface area contributed by atoms with Crippen molar-refractivity contribution in [3.63, 3.8) is 0 Å². The molecule has 0 aliphatic carbocycles. The smallest absolute Gasteiger partial charge is 0.231 e. The summed E-state index contributed by atoms with van der Waals surface area (Å²) in [7, 11) is 3.91. The van der Waals surface area contributed by atoms with Gasteiger partial charge in [-0.15, -0.1) is 0 Å². The summed E-state index contributed by atoms with van der Waals surface area (Å²) in [5.74, 6) is -0.290. The first-order valence-corrected chi connectivity index (χ1v) is 9.54. The molecule has 3 rings (SSSR count). The highest BCUT2D eigenvalue weighted by molar-refractivity contribution is 9.10. The van der Waals surface area contributed by atoms with Crippen molar-refractivity contribution < 1.29 is 14.0 Å². The van der Waals surface area contributed by atoms with Crippen molar-refractivity contribution in [2.24, 2.45) is 5.73 Å². The first-order valence-electron chi connectivity index (χ1n) is 8.75. The number of oxazole rings is 1. The molecule has 0 atom stereocenters. The molecule has 3 N–H and O–H groups in total. The summed E-state index contributed by atoms with van der Waals surface area (Å²) in [6.45, 7) is 1.75. The number of likely N-dealkylation sites (N-methyl/N-ethyl adjacent to an activating group) is 1. The summed E-state index contributed by atoms with van der Waals surface area (Å²) in [4.78, 5) is 30.0. The van der Waals surface area contributed by atoms with Crippen molar-refractivity contribution in [1.29, 1.82) is 0 Å². The third kappa shape index (κ3) is 4.14. The number of benzene rings is 2. The summed E-state index contributed by atoms with van der Waals surface area (Å²) in [5.41, 5.74) is 8.96. The van der Waals surface area contributed by atoms with Gasteiger partial charge in [0, 0.05) is 35.4 Å². The van der Waals surface area contributed by atoms with E-state index in [2.05, 4.69) is 26.2 Å². The molecule has 2 aromatic carbocycles. The number of fused-ring (bicyclic) bond motifs is 1. The number of ketones is 1. The number of aldehydes is 1. The van der Waals surface area contributed by atoms with Crippen molar-refractivity contribution >= 4 is 44.8 Å². The molecular formula is C20H21BrN4O3. The van der Waals surface area contributed by atoms with Gasteiger partial charge in [0.2, 0.25) is 11.7 Å². The third-order valence-electron chi connectivity index (χ3n) is 4.30. The second-order valence-electron chi connectivity index (χ2n) is 6.58.